The van der Waals surface area contributed by atoms with Gasteiger partial charge in [-0.2, -0.15) is 0 Å². The van der Waals surface area contributed by atoms with Crippen LogP contribution in [0.1, 0.15) is 0 Å². The zero-order chi connectivity index (χ0) is 37.5. The third kappa shape index (κ3) is 4.99. The maximum Gasteiger partial charge on any atom is 0.137 e. The van der Waals surface area contributed by atoms with Crippen LogP contribution in [0.3, 0.4) is 0 Å². The van der Waals surface area contributed by atoms with E-state index in [1.54, 1.807) is 0 Å². The van der Waals surface area contributed by atoms with Crippen LogP contribution in [0, 0.1) is 0 Å². The van der Waals surface area contributed by atoms with Crippen molar-refractivity contribution in [2.75, 3.05) is 0 Å². The fourth-order valence-electron chi connectivity index (χ4n) is 9.03. The van der Waals surface area contributed by atoms with E-state index in [4.69, 9.17) is 4.42 Å². The van der Waals surface area contributed by atoms with Crippen molar-refractivity contribution in [3.63, 3.8) is 0 Å². The van der Waals surface area contributed by atoms with E-state index >= 15 is 0 Å². The molecule has 0 aliphatic carbocycles. The second-order valence-corrected chi connectivity index (χ2v) is 14.9. The molecule has 12 aromatic rings. The molecule has 0 saturated carbocycles. The fourth-order valence-corrected chi connectivity index (χ4v) is 9.03. The summed E-state index contributed by atoms with van der Waals surface area (Å²) in [5.74, 6) is 0. The Labute approximate surface area is 328 Å². The van der Waals surface area contributed by atoms with Crippen LogP contribution in [0.2, 0.25) is 0 Å². The second kappa shape index (κ2) is 12.5. The average Bonchev–Trinajstić information content (AvgIpc) is 3.93. The topological polar surface area (TPSA) is 23.0 Å². The molecule has 0 amide bonds. The highest BCUT2D eigenvalue weighted by molar-refractivity contribution is 6.17. The number of fused-ring (bicyclic) bond motifs is 9. The molecule has 266 valence electrons. The van der Waals surface area contributed by atoms with Gasteiger partial charge in [0, 0.05) is 49.8 Å². The molecule has 0 aliphatic rings. The summed E-state index contributed by atoms with van der Waals surface area (Å²) in [5, 5.41) is 7.27. The number of aromatic nitrogens is 2. The summed E-state index contributed by atoms with van der Waals surface area (Å²) in [6.07, 6.45) is 0. The van der Waals surface area contributed by atoms with Crippen molar-refractivity contribution < 1.29 is 4.42 Å². The van der Waals surface area contributed by atoms with Crippen molar-refractivity contribution in [1.29, 1.82) is 0 Å². The molecule has 0 unspecified atom stereocenters. The van der Waals surface area contributed by atoms with Crippen LogP contribution in [0.5, 0.6) is 0 Å². The molecule has 0 aliphatic heterocycles. The van der Waals surface area contributed by atoms with E-state index in [-0.39, 0.29) is 0 Å². The molecule has 12 rings (SSSR count). The number of hydrogen-bond donors (Lipinski definition) is 0. The lowest BCUT2D eigenvalue weighted by Crippen LogP contribution is -1.96. The van der Waals surface area contributed by atoms with Gasteiger partial charge in [0.1, 0.15) is 11.2 Å². The number of rotatable bonds is 5. The number of furan rings is 1. The Hall–Kier alpha value is -7.62. The van der Waals surface area contributed by atoms with Crippen molar-refractivity contribution in [3.8, 4) is 44.8 Å². The van der Waals surface area contributed by atoms with Crippen molar-refractivity contribution in [2.24, 2.45) is 0 Å². The lowest BCUT2D eigenvalue weighted by atomic mass is 9.96. The molecule has 57 heavy (non-hydrogen) atoms. The number of para-hydroxylation sites is 4. The van der Waals surface area contributed by atoms with Crippen molar-refractivity contribution >= 4 is 65.6 Å². The zero-order valence-electron chi connectivity index (χ0n) is 30.9. The van der Waals surface area contributed by atoms with E-state index in [9.17, 15) is 0 Å². The zero-order valence-corrected chi connectivity index (χ0v) is 30.9. The number of hydrogen-bond acceptors (Lipinski definition) is 1. The monoisotopic (exact) mass is 726 g/mol. The molecule has 0 saturated heterocycles. The van der Waals surface area contributed by atoms with Crippen LogP contribution in [0.15, 0.2) is 211 Å². The molecule has 0 bridgehead atoms. The first-order chi connectivity index (χ1) is 28.2. The van der Waals surface area contributed by atoms with Gasteiger partial charge in [-0.3, -0.25) is 0 Å². The SMILES string of the molecule is c1ccc(-c2cc(-c3ccc(-c4ccc(-n5c6ccccc6c6cc7c(cc65)oc5ccccc57)cc4)cc3)cc(-n3c4ccccc4c4ccccc43)c2)cc1. The predicted octanol–water partition coefficient (Wildman–Crippen LogP) is 14.8. The quantitative estimate of drug-likeness (QED) is 0.173. The van der Waals surface area contributed by atoms with Gasteiger partial charge in [0.25, 0.3) is 0 Å². The van der Waals surface area contributed by atoms with Gasteiger partial charge in [0.05, 0.1) is 22.1 Å². The maximum absolute atomic E-state index is 6.34. The van der Waals surface area contributed by atoms with E-state index in [0.29, 0.717) is 0 Å². The Balaban J connectivity index is 0.938. The molecular formula is C54H34N2O. The van der Waals surface area contributed by atoms with Crippen molar-refractivity contribution in [3.05, 3.63) is 206 Å². The van der Waals surface area contributed by atoms with Crippen LogP contribution < -0.4 is 0 Å². The Bertz CT molecular complexity index is 3440. The summed E-state index contributed by atoms with van der Waals surface area (Å²) in [7, 11) is 0. The summed E-state index contributed by atoms with van der Waals surface area (Å²) in [5.41, 5.74) is 15.9. The van der Waals surface area contributed by atoms with Crippen LogP contribution in [-0.2, 0) is 0 Å². The van der Waals surface area contributed by atoms with Gasteiger partial charge in [-0.15, -0.1) is 0 Å². The first-order valence-electron chi connectivity index (χ1n) is 19.5. The highest BCUT2D eigenvalue weighted by Gasteiger charge is 2.17. The normalized spacial score (nSPS) is 11.9. The lowest BCUT2D eigenvalue weighted by molar-refractivity contribution is 0.669. The van der Waals surface area contributed by atoms with Crippen LogP contribution >= 0.6 is 0 Å². The second-order valence-electron chi connectivity index (χ2n) is 14.9. The van der Waals surface area contributed by atoms with Crippen LogP contribution in [0.25, 0.3) is 110 Å². The number of nitrogens with zero attached hydrogens (tertiary/aromatic N) is 2. The molecule has 0 radical (unpaired) electrons. The predicted molar refractivity (Wildman–Crippen MR) is 239 cm³/mol. The first-order valence-corrected chi connectivity index (χ1v) is 19.5. The molecule has 0 atom stereocenters. The Morgan fingerprint density at radius 2 is 0.702 bits per heavy atom. The molecule has 3 heteroatoms. The van der Waals surface area contributed by atoms with Gasteiger partial charge in [-0.25, -0.2) is 0 Å². The Kier molecular flexibility index (Phi) is 6.93. The van der Waals surface area contributed by atoms with E-state index < -0.39 is 0 Å². The van der Waals surface area contributed by atoms with E-state index in [2.05, 4.69) is 203 Å². The van der Waals surface area contributed by atoms with Gasteiger partial charge >= 0.3 is 0 Å². The molecule has 0 spiro atoms. The summed E-state index contributed by atoms with van der Waals surface area (Å²) < 4.78 is 11.1. The maximum atomic E-state index is 6.34. The van der Waals surface area contributed by atoms with Gasteiger partial charge < -0.3 is 13.6 Å². The molecule has 0 N–H and O–H groups in total. The molecule has 9 aromatic carbocycles. The highest BCUT2D eigenvalue weighted by atomic mass is 16.3. The average molecular weight is 727 g/mol. The third-order valence-electron chi connectivity index (χ3n) is 11.7. The summed E-state index contributed by atoms with van der Waals surface area (Å²) >= 11 is 0. The molecular weight excluding hydrogens is 693 g/mol. The first kappa shape index (κ1) is 31.7. The Morgan fingerprint density at radius 1 is 0.246 bits per heavy atom. The van der Waals surface area contributed by atoms with Crippen LogP contribution in [0.4, 0.5) is 0 Å². The minimum absolute atomic E-state index is 0.904. The van der Waals surface area contributed by atoms with Gasteiger partial charge in [0.2, 0.25) is 0 Å². The number of benzene rings is 9. The molecule has 0 fully saturated rings. The summed E-state index contributed by atoms with van der Waals surface area (Å²) in [4.78, 5) is 0. The van der Waals surface area contributed by atoms with Gasteiger partial charge in [-0.05, 0) is 94.0 Å². The van der Waals surface area contributed by atoms with Crippen molar-refractivity contribution in [1.82, 2.24) is 9.13 Å². The van der Waals surface area contributed by atoms with E-state index in [0.717, 1.165) is 38.8 Å². The largest absolute Gasteiger partial charge is 0.456 e. The summed E-state index contributed by atoms with van der Waals surface area (Å²) in [6.45, 7) is 0. The van der Waals surface area contributed by atoms with E-state index in [1.807, 2.05) is 12.1 Å². The van der Waals surface area contributed by atoms with Gasteiger partial charge in [-0.1, -0.05) is 140 Å². The highest BCUT2D eigenvalue weighted by Crippen LogP contribution is 2.40. The Morgan fingerprint density at radius 3 is 1.32 bits per heavy atom. The smallest absolute Gasteiger partial charge is 0.137 e. The molecule has 3 aromatic heterocycles. The van der Waals surface area contributed by atoms with Crippen LogP contribution in [-0.4, -0.2) is 9.13 Å². The molecule has 3 nitrogen and oxygen atoms in total. The third-order valence-corrected chi connectivity index (χ3v) is 11.7. The van der Waals surface area contributed by atoms with E-state index in [1.165, 1.54) is 71.5 Å². The van der Waals surface area contributed by atoms with Crippen molar-refractivity contribution in [2.45, 2.75) is 0 Å². The summed E-state index contributed by atoms with van der Waals surface area (Å²) in [6, 6.07) is 74.5. The minimum Gasteiger partial charge on any atom is -0.456 e. The minimum atomic E-state index is 0.904. The lowest BCUT2D eigenvalue weighted by Gasteiger charge is -2.14. The molecule has 3 heterocycles. The standard InChI is InChI=1S/C54H34N2O/c1-2-12-35(13-3-1)39-30-40(32-42(31-39)56-49-18-8-4-14-43(49)44-15-5-9-19-50(44)56)38-24-22-36(23-25-38)37-26-28-41(29-27-37)55-51-20-10-6-16-45(51)47-33-48-46-17-7-11-21-53(46)57-54(48)34-52(47)55/h1-34H. The fraction of sp³-hybridized carbons (Fsp3) is 0. The van der Waals surface area contributed by atoms with Gasteiger partial charge in [0.15, 0.2) is 0 Å².